The van der Waals surface area contributed by atoms with Gasteiger partial charge in [0.05, 0.1) is 5.69 Å². The van der Waals surface area contributed by atoms with Crippen LogP contribution < -0.4 is 16.0 Å². The third kappa shape index (κ3) is 3.46. The van der Waals surface area contributed by atoms with Gasteiger partial charge in [0.25, 0.3) is 5.91 Å². The Balaban J connectivity index is 1.75. The molecule has 4 bridgehead atoms. The molecule has 3 heterocycles. The van der Waals surface area contributed by atoms with Crippen LogP contribution in [0, 0.1) is 0 Å². The number of hydrogen-bond donors (Lipinski definition) is 3. The Labute approximate surface area is 150 Å². The van der Waals surface area contributed by atoms with Crippen molar-refractivity contribution in [2.45, 2.75) is 6.42 Å². The lowest BCUT2D eigenvalue weighted by Gasteiger charge is -2.11. The van der Waals surface area contributed by atoms with Gasteiger partial charge in [-0.05, 0) is 42.8 Å². The maximum absolute atomic E-state index is 12.3. The van der Waals surface area contributed by atoms with E-state index in [4.69, 9.17) is 0 Å². The van der Waals surface area contributed by atoms with Gasteiger partial charge in [0.2, 0.25) is 5.95 Å². The van der Waals surface area contributed by atoms with Crippen LogP contribution >= 0.6 is 0 Å². The van der Waals surface area contributed by atoms with Crippen LogP contribution in [0.15, 0.2) is 54.9 Å². The average Bonchev–Trinajstić information content (AvgIpc) is 2.68. The van der Waals surface area contributed by atoms with E-state index >= 15 is 0 Å². The van der Waals surface area contributed by atoms with Crippen molar-refractivity contribution in [3.05, 3.63) is 60.4 Å². The van der Waals surface area contributed by atoms with Crippen molar-refractivity contribution in [3.8, 4) is 11.3 Å². The highest BCUT2D eigenvalue weighted by Gasteiger charge is 2.11. The highest BCUT2D eigenvalue weighted by Crippen LogP contribution is 2.25. The lowest BCUT2D eigenvalue weighted by atomic mass is 10.2. The van der Waals surface area contributed by atoms with Crippen molar-refractivity contribution >= 4 is 23.4 Å². The van der Waals surface area contributed by atoms with Gasteiger partial charge in [-0.15, -0.1) is 0 Å². The standard InChI is InChI=1S/C19H18N6O/c26-18-13-4-1-5-14(12-13)24-19-23-11-7-16(25-19)15-6-2-8-20-17(15)21-9-3-10-22-18/h1-2,4-8,11-12H,3,9-10H2,(H,20,21)(H,22,26)(H,23,24,25). The molecule has 0 spiro atoms. The van der Waals surface area contributed by atoms with Crippen molar-refractivity contribution in [3.63, 3.8) is 0 Å². The first-order chi connectivity index (χ1) is 12.8. The van der Waals surface area contributed by atoms with Crippen molar-refractivity contribution in [1.82, 2.24) is 20.3 Å². The summed E-state index contributed by atoms with van der Waals surface area (Å²) in [5.74, 6) is 1.13. The van der Waals surface area contributed by atoms with Crippen molar-refractivity contribution in [2.75, 3.05) is 23.7 Å². The maximum Gasteiger partial charge on any atom is 0.251 e. The first-order valence-electron chi connectivity index (χ1n) is 8.47. The number of hydrogen-bond acceptors (Lipinski definition) is 6. The highest BCUT2D eigenvalue weighted by atomic mass is 16.1. The van der Waals surface area contributed by atoms with E-state index in [-0.39, 0.29) is 5.91 Å². The van der Waals surface area contributed by atoms with Gasteiger partial charge in [0.15, 0.2) is 0 Å². The normalized spacial score (nSPS) is 13.9. The molecule has 1 aliphatic heterocycles. The molecule has 0 unspecified atom stereocenters. The molecule has 0 radical (unpaired) electrons. The van der Waals surface area contributed by atoms with Crippen LogP contribution in [0.2, 0.25) is 0 Å². The predicted octanol–water partition coefficient (Wildman–Crippen LogP) is 2.83. The minimum absolute atomic E-state index is 0.100. The molecule has 0 fully saturated rings. The number of fused-ring (bicyclic) bond motifs is 6. The molecule has 0 atom stereocenters. The van der Waals surface area contributed by atoms with E-state index in [9.17, 15) is 4.79 Å². The molecule has 0 aliphatic carbocycles. The van der Waals surface area contributed by atoms with E-state index in [1.165, 1.54) is 0 Å². The third-order valence-electron chi connectivity index (χ3n) is 4.05. The summed E-state index contributed by atoms with van der Waals surface area (Å²) in [5, 5.41) is 9.41. The zero-order valence-corrected chi connectivity index (χ0v) is 14.1. The maximum atomic E-state index is 12.3. The second kappa shape index (κ2) is 7.18. The fourth-order valence-electron chi connectivity index (χ4n) is 2.79. The van der Waals surface area contributed by atoms with Gasteiger partial charge >= 0.3 is 0 Å². The molecule has 3 aromatic rings. The Morgan fingerprint density at radius 3 is 2.81 bits per heavy atom. The monoisotopic (exact) mass is 346 g/mol. The molecule has 1 amide bonds. The van der Waals surface area contributed by atoms with Crippen LogP contribution in [-0.2, 0) is 0 Å². The Morgan fingerprint density at radius 1 is 0.923 bits per heavy atom. The first kappa shape index (κ1) is 16.0. The predicted molar refractivity (Wildman–Crippen MR) is 100 cm³/mol. The molecular weight excluding hydrogens is 328 g/mol. The molecule has 1 aliphatic rings. The SMILES string of the molecule is O=C1NCCCNc2ncccc2-c2ccnc(n2)Nc2cccc1c2. The van der Waals surface area contributed by atoms with Crippen molar-refractivity contribution < 1.29 is 4.79 Å². The summed E-state index contributed by atoms with van der Waals surface area (Å²) in [4.78, 5) is 25.6. The Morgan fingerprint density at radius 2 is 1.85 bits per heavy atom. The zero-order valence-electron chi connectivity index (χ0n) is 14.1. The fraction of sp³-hybridized carbons (Fsp3) is 0.158. The number of amides is 1. The van der Waals surface area contributed by atoms with E-state index in [0.717, 1.165) is 29.2 Å². The summed E-state index contributed by atoms with van der Waals surface area (Å²) >= 11 is 0. The number of aromatic nitrogens is 3. The summed E-state index contributed by atoms with van der Waals surface area (Å²) in [7, 11) is 0. The minimum Gasteiger partial charge on any atom is -0.369 e. The summed E-state index contributed by atoms with van der Waals surface area (Å²) in [6.07, 6.45) is 4.23. The van der Waals surface area contributed by atoms with E-state index in [0.29, 0.717) is 24.6 Å². The molecule has 3 N–H and O–H groups in total. The number of nitrogens with one attached hydrogen (secondary N) is 3. The van der Waals surface area contributed by atoms with Crippen molar-refractivity contribution in [1.29, 1.82) is 0 Å². The van der Waals surface area contributed by atoms with E-state index < -0.39 is 0 Å². The lowest BCUT2D eigenvalue weighted by molar-refractivity contribution is 0.0953. The number of rotatable bonds is 0. The van der Waals surface area contributed by atoms with Crippen molar-refractivity contribution in [2.24, 2.45) is 0 Å². The van der Waals surface area contributed by atoms with E-state index in [1.54, 1.807) is 24.5 Å². The molecule has 2 aromatic heterocycles. The molecule has 4 rings (SSSR count). The quantitative estimate of drug-likeness (QED) is 0.580. The molecular formula is C19H18N6O. The van der Waals surface area contributed by atoms with Gasteiger partial charge < -0.3 is 16.0 Å². The lowest BCUT2D eigenvalue weighted by Crippen LogP contribution is -2.25. The van der Waals surface area contributed by atoms with Crippen LogP contribution in [0.5, 0.6) is 0 Å². The summed E-state index contributed by atoms with van der Waals surface area (Å²) in [5.41, 5.74) is 3.04. The summed E-state index contributed by atoms with van der Waals surface area (Å²) < 4.78 is 0. The molecule has 26 heavy (non-hydrogen) atoms. The van der Waals surface area contributed by atoms with E-state index in [1.807, 2.05) is 30.3 Å². The average molecular weight is 346 g/mol. The molecule has 130 valence electrons. The number of carbonyl (C=O) groups is 1. The number of carbonyl (C=O) groups excluding carboxylic acids is 1. The number of benzene rings is 1. The topological polar surface area (TPSA) is 91.8 Å². The number of pyridine rings is 1. The van der Waals surface area contributed by atoms with Gasteiger partial charge in [-0.2, -0.15) is 0 Å². The third-order valence-corrected chi connectivity index (χ3v) is 4.05. The molecule has 0 saturated carbocycles. The highest BCUT2D eigenvalue weighted by molar-refractivity contribution is 5.95. The minimum atomic E-state index is -0.100. The Hall–Kier alpha value is -3.48. The number of anilines is 3. The van der Waals surface area contributed by atoms with Gasteiger partial charge in [-0.25, -0.2) is 15.0 Å². The fourth-order valence-corrected chi connectivity index (χ4v) is 2.79. The molecule has 0 saturated heterocycles. The van der Waals surface area contributed by atoms with Gasteiger partial charge in [-0.1, -0.05) is 6.07 Å². The molecule has 7 heteroatoms. The van der Waals surface area contributed by atoms with Crippen LogP contribution in [0.25, 0.3) is 11.3 Å². The van der Waals surface area contributed by atoms with Gasteiger partial charge in [-0.3, -0.25) is 4.79 Å². The van der Waals surface area contributed by atoms with Crippen LogP contribution in [0.3, 0.4) is 0 Å². The zero-order chi connectivity index (χ0) is 17.8. The van der Waals surface area contributed by atoms with Crippen LogP contribution in [0.4, 0.5) is 17.5 Å². The molecule has 1 aromatic carbocycles. The van der Waals surface area contributed by atoms with Gasteiger partial charge in [0, 0.05) is 42.3 Å². The van der Waals surface area contributed by atoms with E-state index in [2.05, 4.69) is 30.9 Å². The Kier molecular flexibility index (Phi) is 4.42. The Bertz CT molecular complexity index is 943. The number of nitrogens with zero attached hydrogens (tertiary/aromatic N) is 3. The smallest absolute Gasteiger partial charge is 0.251 e. The second-order valence-corrected chi connectivity index (χ2v) is 5.91. The van der Waals surface area contributed by atoms with Gasteiger partial charge in [0.1, 0.15) is 5.82 Å². The van der Waals surface area contributed by atoms with Crippen LogP contribution in [0.1, 0.15) is 16.8 Å². The largest absolute Gasteiger partial charge is 0.369 e. The summed E-state index contributed by atoms with van der Waals surface area (Å²) in [6.45, 7) is 1.28. The molecule has 7 nitrogen and oxygen atoms in total. The summed E-state index contributed by atoms with van der Waals surface area (Å²) in [6, 6.07) is 13.0. The first-order valence-corrected chi connectivity index (χ1v) is 8.47. The second-order valence-electron chi connectivity index (χ2n) is 5.91. The van der Waals surface area contributed by atoms with Crippen LogP contribution in [-0.4, -0.2) is 33.9 Å².